The molecule has 1 saturated carbocycles. The molecule has 2 aromatic rings. The number of carbonyl (C=O) groups excluding carboxylic acids is 1. The zero-order chi connectivity index (χ0) is 16.3. The molecule has 0 unspecified atom stereocenters. The minimum Gasteiger partial charge on any atom is -0.497 e. The van der Waals surface area contributed by atoms with Crippen LogP contribution in [0.1, 0.15) is 41.7 Å². The van der Waals surface area contributed by atoms with E-state index >= 15 is 0 Å². The number of carbonyl (C=O) groups is 1. The number of ether oxygens (including phenoxy) is 1. The van der Waals surface area contributed by atoms with E-state index in [-0.39, 0.29) is 11.3 Å². The molecule has 0 saturated heterocycles. The van der Waals surface area contributed by atoms with Crippen molar-refractivity contribution in [3.63, 3.8) is 0 Å². The number of amides is 1. The van der Waals surface area contributed by atoms with E-state index in [0.717, 1.165) is 18.6 Å². The van der Waals surface area contributed by atoms with E-state index in [4.69, 9.17) is 4.74 Å². The molecular formula is C18H23N3O2. The molecule has 23 heavy (non-hydrogen) atoms. The Bertz CT molecular complexity index is 670. The average molecular weight is 313 g/mol. The summed E-state index contributed by atoms with van der Waals surface area (Å²) in [7, 11) is 3.51. The van der Waals surface area contributed by atoms with Crippen molar-refractivity contribution < 1.29 is 9.53 Å². The number of imidazole rings is 1. The molecular weight excluding hydrogens is 290 g/mol. The van der Waals surface area contributed by atoms with Crippen LogP contribution in [0, 0.1) is 0 Å². The molecule has 122 valence electrons. The summed E-state index contributed by atoms with van der Waals surface area (Å²) < 4.78 is 6.99. The molecule has 0 bridgehead atoms. The Balaban J connectivity index is 1.76. The Morgan fingerprint density at radius 1 is 1.30 bits per heavy atom. The monoisotopic (exact) mass is 313 g/mol. The van der Waals surface area contributed by atoms with Crippen LogP contribution in [0.5, 0.6) is 5.75 Å². The summed E-state index contributed by atoms with van der Waals surface area (Å²) in [5, 5.41) is 3.10. The van der Waals surface area contributed by atoms with Crippen LogP contribution >= 0.6 is 0 Å². The summed E-state index contributed by atoms with van der Waals surface area (Å²) in [6.07, 6.45) is 7.85. The van der Waals surface area contributed by atoms with Crippen molar-refractivity contribution in [2.45, 2.75) is 31.1 Å². The molecule has 1 aromatic carbocycles. The summed E-state index contributed by atoms with van der Waals surface area (Å²) in [5.41, 5.74) is 1.90. The van der Waals surface area contributed by atoms with E-state index in [9.17, 15) is 4.79 Å². The number of nitrogens with one attached hydrogen (secondary N) is 1. The lowest BCUT2D eigenvalue weighted by molar-refractivity contribution is 0.0935. The van der Waals surface area contributed by atoms with Crippen LogP contribution in [0.2, 0.25) is 0 Å². The van der Waals surface area contributed by atoms with Crippen LogP contribution in [-0.2, 0) is 12.5 Å². The van der Waals surface area contributed by atoms with Gasteiger partial charge in [0, 0.05) is 19.0 Å². The van der Waals surface area contributed by atoms with E-state index in [0.29, 0.717) is 12.2 Å². The smallest absolute Gasteiger partial charge is 0.269 e. The Morgan fingerprint density at radius 2 is 2.00 bits per heavy atom. The van der Waals surface area contributed by atoms with Gasteiger partial charge in [-0.1, -0.05) is 25.0 Å². The average Bonchev–Trinajstić information content (AvgIpc) is 3.22. The van der Waals surface area contributed by atoms with Crippen LogP contribution in [0.4, 0.5) is 0 Å². The van der Waals surface area contributed by atoms with Crippen LogP contribution in [0.15, 0.2) is 36.8 Å². The number of benzene rings is 1. The lowest BCUT2D eigenvalue weighted by Gasteiger charge is -2.30. The number of nitrogens with zero attached hydrogens (tertiary/aromatic N) is 2. The zero-order valence-corrected chi connectivity index (χ0v) is 13.7. The van der Waals surface area contributed by atoms with Crippen LogP contribution < -0.4 is 10.1 Å². The third-order valence-electron chi connectivity index (χ3n) is 4.90. The molecule has 0 spiro atoms. The Hall–Kier alpha value is -2.30. The van der Waals surface area contributed by atoms with Gasteiger partial charge in [-0.15, -0.1) is 0 Å². The van der Waals surface area contributed by atoms with Crippen molar-refractivity contribution in [1.82, 2.24) is 14.9 Å². The molecule has 1 aliphatic rings. The van der Waals surface area contributed by atoms with Crippen molar-refractivity contribution in [2.75, 3.05) is 13.7 Å². The molecule has 1 heterocycles. The highest BCUT2D eigenvalue weighted by molar-refractivity contribution is 5.92. The first-order chi connectivity index (χ1) is 11.1. The van der Waals surface area contributed by atoms with Gasteiger partial charge >= 0.3 is 0 Å². The van der Waals surface area contributed by atoms with Gasteiger partial charge in [-0.25, -0.2) is 4.98 Å². The minimum absolute atomic E-state index is 0.0283. The predicted molar refractivity (Wildman–Crippen MR) is 88.7 cm³/mol. The van der Waals surface area contributed by atoms with E-state index in [2.05, 4.69) is 22.4 Å². The molecule has 1 N–H and O–H groups in total. The number of aryl methyl sites for hydroxylation is 1. The molecule has 5 heteroatoms. The lowest BCUT2D eigenvalue weighted by atomic mass is 9.78. The number of rotatable bonds is 5. The maximum atomic E-state index is 12.4. The van der Waals surface area contributed by atoms with Crippen molar-refractivity contribution >= 4 is 5.91 Å². The maximum absolute atomic E-state index is 12.4. The fourth-order valence-electron chi connectivity index (χ4n) is 3.48. The predicted octanol–water partition coefficient (Wildman–Crippen LogP) is 2.67. The van der Waals surface area contributed by atoms with Gasteiger partial charge in [-0.05, 0) is 30.5 Å². The summed E-state index contributed by atoms with van der Waals surface area (Å²) in [6.45, 7) is 0.656. The van der Waals surface area contributed by atoms with E-state index in [1.807, 2.05) is 19.2 Å². The molecule has 1 aromatic heterocycles. The second-order valence-electron chi connectivity index (χ2n) is 6.29. The van der Waals surface area contributed by atoms with Crippen molar-refractivity contribution in [3.8, 4) is 5.75 Å². The van der Waals surface area contributed by atoms with Gasteiger partial charge in [-0.3, -0.25) is 4.79 Å². The molecule has 0 aliphatic heterocycles. The Kier molecular flexibility index (Phi) is 4.37. The molecule has 1 fully saturated rings. The second kappa shape index (κ2) is 6.44. The van der Waals surface area contributed by atoms with Gasteiger partial charge in [0.05, 0.1) is 19.6 Å². The van der Waals surface area contributed by atoms with Crippen LogP contribution in [0.3, 0.4) is 0 Å². The van der Waals surface area contributed by atoms with Crippen molar-refractivity contribution in [3.05, 3.63) is 48.0 Å². The second-order valence-corrected chi connectivity index (χ2v) is 6.29. The number of aromatic nitrogens is 2. The van der Waals surface area contributed by atoms with Crippen LogP contribution in [0.25, 0.3) is 0 Å². The summed E-state index contributed by atoms with van der Waals surface area (Å²) >= 11 is 0. The van der Waals surface area contributed by atoms with E-state index < -0.39 is 0 Å². The number of hydrogen-bond acceptors (Lipinski definition) is 3. The van der Waals surface area contributed by atoms with Crippen molar-refractivity contribution in [2.24, 2.45) is 7.05 Å². The summed E-state index contributed by atoms with van der Waals surface area (Å²) in [6, 6.07) is 8.25. The highest BCUT2D eigenvalue weighted by Gasteiger charge is 2.36. The normalized spacial score (nSPS) is 16.3. The third-order valence-corrected chi connectivity index (χ3v) is 4.90. The van der Waals surface area contributed by atoms with Gasteiger partial charge in [-0.2, -0.15) is 0 Å². The fraction of sp³-hybridized carbons (Fsp3) is 0.444. The van der Waals surface area contributed by atoms with Gasteiger partial charge < -0.3 is 14.6 Å². The molecule has 1 aliphatic carbocycles. The third kappa shape index (κ3) is 3.09. The van der Waals surface area contributed by atoms with Gasteiger partial charge in [0.15, 0.2) is 0 Å². The Morgan fingerprint density at radius 3 is 2.57 bits per heavy atom. The largest absolute Gasteiger partial charge is 0.497 e. The summed E-state index contributed by atoms with van der Waals surface area (Å²) in [5.74, 6) is 0.797. The van der Waals surface area contributed by atoms with Crippen LogP contribution in [-0.4, -0.2) is 29.1 Å². The fourth-order valence-corrected chi connectivity index (χ4v) is 3.48. The van der Waals surface area contributed by atoms with Gasteiger partial charge in [0.25, 0.3) is 5.91 Å². The number of hydrogen-bond donors (Lipinski definition) is 1. The number of methoxy groups -OCH3 is 1. The van der Waals surface area contributed by atoms with E-state index in [1.165, 1.54) is 18.4 Å². The van der Waals surface area contributed by atoms with Gasteiger partial charge in [0.1, 0.15) is 11.4 Å². The first-order valence-electron chi connectivity index (χ1n) is 8.04. The van der Waals surface area contributed by atoms with E-state index in [1.54, 1.807) is 24.2 Å². The van der Waals surface area contributed by atoms with Crippen molar-refractivity contribution in [1.29, 1.82) is 0 Å². The Labute approximate surface area is 136 Å². The quantitative estimate of drug-likeness (QED) is 0.923. The zero-order valence-electron chi connectivity index (χ0n) is 13.7. The first kappa shape index (κ1) is 15.6. The molecule has 0 radical (unpaired) electrons. The summed E-state index contributed by atoms with van der Waals surface area (Å²) in [4.78, 5) is 16.4. The highest BCUT2D eigenvalue weighted by atomic mass is 16.5. The highest BCUT2D eigenvalue weighted by Crippen LogP contribution is 2.41. The molecule has 0 atom stereocenters. The molecule has 5 nitrogen and oxygen atoms in total. The molecule has 1 amide bonds. The standard InChI is InChI=1S/C18H23N3O2/c1-21-13-19-11-16(21)17(22)20-12-18(9-3-4-10-18)14-5-7-15(23-2)8-6-14/h5-8,11,13H,3-4,9-10,12H2,1-2H3,(H,20,22). The first-order valence-corrected chi connectivity index (χ1v) is 8.04. The minimum atomic E-state index is -0.0650. The van der Waals surface area contributed by atoms with Gasteiger partial charge in [0.2, 0.25) is 0 Å². The topological polar surface area (TPSA) is 56.1 Å². The lowest BCUT2D eigenvalue weighted by Crippen LogP contribution is -2.39. The molecule has 3 rings (SSSR count). The maximum Gasteiger partial charge on any atom is 0.269 e. The SMILES string of the molecule is COc1ccc(C2(CNC(=O)c3cncn3C)CCCC2)cc1.